The average molecular weight is 236 g/mol. The van der Waals surface area contributed by atoms with Crippen molar-refractivity contribution in [3.05, 3.63) is 23.8 Å². The van der Waals surface area contributed by atoms with Gasteiger partial charge in [-0.25, -0.2) is 0 Å². The van der Waals surface area contributed by atoms with Crippen LogP contribution in [0.3, 0.4) is 0 Å². The van der Waals surface area contributed by atoms with Crippen LogP contribution in [0, 0.1) is 5.92 Å². The van der Waals surface area contributed by atoms with Gasteiger partial charge in [0.2, 0.25) is 0 Å². The van der Waals surface area contributed by atoms with Crippen molar-refractivity contribution in [1.82, 2.24) is 0 Å². The molecule has 1 N–H and O–H groups in total. The summed E-state index contributed by atoms with van der Waals surface area (Å²) in [5.74, 6) is 2.29. The van der Waals surface area contributed by atoms with Crippen LogP contribution in [-0.4, -0.2) is 18.3 Å². The van der Waals surface area contributed by atoms with E-state index in [4.69, 9.17) is 9.47 Å². The summed E-state index contributed by atoms with van der Waals surface area (Å²) in [4.78, 5) is 0. The van der Waals surface area contributed by atoms with Crippen LogP contribution >= 0.6 is 0 Å². The van der Waals surface area contributed by atoms with Gasteiger partial charge in [-0.2, -0.15) is 0 Å². The lowest BCUT2D eigenvalue weighted by Gasteiger charge is -2.09. The highest BCUT2D eigenvalue weighted by molar-refractivity contribution is 5.44. The maximum Gasteiger partial charge on any atom is 0.129 e. The van der Waals surface area contributed by atoms with E-state index in [0.29, 0.717) is 6.61 Å². The SMILES string of the molecule is CC(C)CCCOc1ccc2c(c1)OCC2O. The van der Waals surface area contributed by atoms with Crippen LogP contribution in [0.25, 0.3) is 0 Å². The summed E-state index contributed by atoms with van der Waals surface area (Å²) in [6.07, 6.45) is 1.76. The van der Waals surface area contributed by atoms with E-state index in [9.17, 15) is 5.11 Å². The smallest absolute Gasteiger partial charge is 0.129 e. The molecule has 94 valence electrons. The highest BCUT2D eigenvalue weighted by Gasteiger charge is 2.21. The second-order valence-corrected chi connectivity index (χ2v) is 4.91. The molecule has 1 unspecified atom stereocenters. The Morgan fingerprint density at radius 1 is 1.47 bits per heavy atom. The normalized spacial score (nSPS) is 18.0. The first-order valence-corrected chi connectivity index (χ1v) is 6.24. The van der Waals surface area contributed by atoms with Crippen molar-refractivity contribution < 1.29 is 14.6 Å². The molecule has 0 spiro atoms. The Labute approximate surface area is 102 Å². The fourth-order valence-corrected chi connectivity index (χ4v) is 1.94. The quantitative estimate of drug-likeness (QED) is 0.799. The Bertz CT molecular complexity index is 374. The molecule has 1 aliphatic rings. The van der Waals surface area contributed by atoms with Crippen LogP contribution in [0.1, 0.15) is 38.4 Å². The van der Waals surface area contributed by atoms with Gasteiger partial charge < -0.3 is 14.6 Å². The molecule has 3 heteroatoms. The van der Waals surface area contributed by atoms with Gasteiger partial charge in [-0.1, -0.05) is 13.8 Å². The van der Waals surface area contributed by atoms with Gasteiger partial charge in [0.1, 0.15) is 24.2 Å². The van der Waals surface area contributed by atoms with E-state index < -0.39 is 6.10 Å². The van der Waals surface area contributed by atoms with Crippen molar-refractivity contribution in [3.8, 4) is 11.5 Å². The minimum Gasteiger partial charge on any atom is -0.493 e. The number of aliphatic hydroxyl groups is 1. The molecule has 0 fully saturated rings. The fraction of sp³-hybridized carbons (Fsp3) is 0.571. The molecule has 17 heavy (non-hydrogen) atoms. The zero-order valence-electron chi connectivity index (χ0n) is 10.5. The molecule has 1 aromatic carbocycles. The van der Waals surface area contributed by atoms with E-state index in [0.717, 1.165) is 36.0 Å². The van der Waals surface area contributed by atoms with Crippen LogP contribution in [0.15, 0.2) is 18.2 Å². The Morgan fingerprint density at radius 2 is 2.29 bits per heavy atom. The number of fused-ring (bicyclic) bond motifs is 1. The molecule has 2 rings (SSSR count). The van der Waals surface area contributed by atoms with Crippen molar-refractivity contribution in [2.45, 2.75) is 32.8 Å². The third-order valence-corrected chi connectivity index (χ3v) is 2.94. The highest BCUT2D eigenvalue weighted by Crippen LogP contribution is 2.35. The number of aliphatic hydroxyl groups excluding tert-OH is 1. The van der Waals surface area contributed by atoms with Crippen molar-refractivity contribution >= 4 is 0 Å². The van der Waals surface area contributed by atoms with Crippen LogP contribution in [0.2, 0.25) is 0 Å². The molecule has 0 bridgehead atoms. The Balaban J connectivity index is 1.86. The van der Waals surface area contributed by atoms with Gasteiger partial charge in [0.05, 0.1) is 6.61 Å². The highest BCUT2D eigenvalue weighted by atomic mass is 16.5. The molecule has 1 atom stereocenters. The largest absolute Gasteiger partial charge is 0.493 e. The van der Waals surface area contributed by atoms with Crippen LogP contribution < -0.4 is 9.47 Å². The van der Waals surface area contributed by atoms with E-state index in [1.165, 1.54) is 6.42 Å². The number of hydrogen-bond acceptors (Lipinski definition) is 3. The molecule has 1 aliphatic heterocycles. The van der Waals surface area contributed by atoms with E-state index >= 15 is 0 Å². The molecule has 0 aromatic heterocycles. The van der Waals surface area contributed by atoms with Gasteiger partial charge in [-0.15, -0.1) is 0 Å². The summed E-state index contributed by atoms with van der Waals surface area (Å²) >= 11 is 0. The fourth-order valence-electron chi connectivity index (χ4n) is 1.94. The van der Waals surface area contributed by atoms with Crippen molar-refractivity contribution in [1.29, 1.82) is 0 Å². The lowest BCUT2D eigenvalue weighted by molar-refractivity contribution is 0.140. The number of ether oxygens (including phenoxy) is 2. The summed E-state index contributed by atoms with van der Waals surface area (Å²) in [7, 11) is 0. The van der Waals surface area contributed by atoms with Gasteiger partial charge in [0.15, 0.2) is 0 Å². The van der Waals surface area contributed by atoms with Crippen LogP contribution in [-0.2, 0) is 0 Å². The lowest BCUT2D eigenvalue weighted by Crippen LogP contribution is -1.99. The summed E-state index contributed by atoms with van der Waals surface area (Å²) < 4.78 is 11.0. The molecule has 0 saturated heterocycles. The zero-order valence-corrected chi connectivity index (χ0v) is 10.5. The zero-order chi connectivity index (χ0) is 12.3. The van der Waals surface area contributed by atoms with Gasteiger partial charge in [-0.05, 0) is 30.9 Å². The van der Waals surface area contributed by atoms with E-state index in [2.05, 4.69) is 13.8 Å². The van der Waals surface area contributed by atoms with Gasteiger partial charge in [0.25, 0.3) is 0 Å². The maximum atomic E-state index is 9.58. The molecule has 0 radical (unpaired) electrons. The van der Waals surface area contributed by atoms with Gasteiger partial charge in [0, 0.05) is 11.6 Å². The molecule has 1 aromatic rings. The Morgan fingerprint density at radius 3 is 3.06 bits per heavy atom. The predicted octanol–water partition coefficient (Wildman–Crippen LogP) is 2.93. The lowest BCUT2D eigenvalue weighted by atomic mass is 10.1. The van der Waals surface area contributed by atoms with Crippen molar-refractivity contribution in [3.63, 3.8) is 0 Å². The first-order chi connectivity index (χ1) is 8.16. The molecule has 1 heterocycles. The number of hydrogen-bond donors (Lipinski definition) is 1. The van der Waals surface area contributed by atoms with E-state index in [1.54, 1.807) is 0 Å². The minimum atomic E-state index is -0.486. The number of benzene rings is 1. The monoisotopic (exact) mass is 236 g/mol. The number of rotatable bonds is 5. The van der Waals surface area contributed by atoms with Crippen LogP contribution in [0.5, 0.6) is 11.5 Å². The summed E-state index contributed by atoms with van der Waals surface area (Å²) in [6.45, 7) is 5.51. The second kappa shape index (κ2) is 5.41. The van der Waals surface area contributed by atoms with Crippen molar-refractivity contribution in [2.24, 2.45) is 5.92 Å². The molecular weight excluding hydrogens is 216 g/mol. The Kier molecular flexibility index (Phi) is 3.89. The van der Waals surface area contributed by atoms with E-state index in [1.807, 2.05) is 18.2 Å². The topological polar surface area (TPSA) is 38.7 Å². The first-order valence-electron chi connectivity index (χ1n) is 6.24. The van der Waals surface area contributed by atoms with Crippen molar-refractivity contribution in [2.75, 3.05) is 13.2 Å². The summed E-state index contributed by atoms with van der Waals surface area (Å²) in [6, 6.07) is 5.64. The third kappa shape index (κ3) is 3.13. The second-order valence-electron chi connectivity index (χ2n) is 4.91. The average Bonchev–Trinajstić information content (AvgIpc) is 2.66. The van der Waals surface area contributed by atoms with Gasteiger partial charge in [-0.3, -0.25) is 0 Å². The summed E-state index contributed by atoms with van der Waals surface area (Å²) in [5.41, 5.74) is 0.861. The summed E-state index contributed by atoms with van der Waals surface area (Å²) in [5, 5.41) is 9.58. The van der Waals surface area contributed by atoms with Gasteiger partial charge >= 0.3 is 0 Å². The molecular formula is C14H20O3. The molecule has 3 nitrogen and oxygen atoms in total. The minimum absolute atomic E-state index is 0.353. The Hall–Kier alpha value is -1.22. The first kappa shape index (κ1) is 12.2. The van der Waals surface area contributed by atoms with Crippen LogP contribution in [0.4, 0.5) is 0 Å². The molecule has 0 amide bonds. The van der Waals surface area contributed by atoms with E-state index in [-0.39, 0.29) is 0 Å². The predicted molar refractivity (Wildman–Crippen MR) is 66.5 cm³/mol. The third-order valence-electron chi connectivity index (χ3n) is 2.94. The molecule has 0 aliphatic carbocycles. The standard InChI is InChI=1S/C14H20O3/c1-10(2)4-3-7-16-11-5-6-12-13(15)9-17-14(12)8-11/h5-6,8,10,13,15H,3-4,7,9H2,1-2H3. The molecule has 0 saturated carbocycles. The maximum absolute atomic E-state index is 9.58.